The number of carbonyl (C=O) groups is 1. The number of carbonyl (C=O) groups excluding carboxylic acids is 1. The van der Waals surface area contributed by atoms with Crippen LogP contribution in [0, 0.1) is 0 Å². The molecule has 0 aliphatic rings. The monoisotopic (exact) mass is 231 g/mol. The number of rotatable bonds is 12. The van der Waals surface area contributed by atoms with Crippen molar-refractivity contribution in [1.29, 1.82) is 0 Å². The zero-order valence-corrected chi connectivity index (χ0v) is 9.21. The third-order valence-corrected chi connectivity index (χ3v) is 1.52. The van der Waals surface area contributed by atoms with E-state index in [0.29, 0.717) is 52.6 Å². The summed E-state index contributed by atoms with van der Waals surface area (Å²) in [6.45, 7) is 3.10. The molecular weight excluding hydrogens is 214 g/mol. The number of nitrogens with zero attached hydrogens (tertiary/aromatic N) is 3. The van der Waals surface area contributed by atoms with Gasteiger partial charge in [0.25, 0.3) is 0 Å². The Labute approximate surface area is 94.3 Å². The predicted molar refractivity (Wildman–Crippen MR) is 57.2 cm³/mol. The van der Waals surface area contributed by atoms with Crippen LogP contribution in [0.3, 0.4) is 0 Å². The van der Waals surface area contributed by atoms with E-state index in [1.807, 2.05) is 0 Å². The first-order chi connectivity index (χ1) is 7.91. The second-order valence-corrected chi connectivity index (χ2v) is 2.75. The van der Waals surface area contributed by atoms with E-state index in [1.54, 1.807) is 0 Å². The van der Waals surface area contributed by atoms with Crippen LogP contribution in [-0.4, -0.2) is 52.5 Å². The first kappa shape index (κ1) is 14.9. The van der Waals surface area contributed by atoms with Crippen LogP contribution >= 0.6 is 0 Å². The second kappa shape index (κ2) is 13.9. The van der Waals surface area contributed by atoms with E-state index in [0.717, 1.165) is 6.29 Å². The van der Waals surface area contributed by atoms with Crippen molar-refractivity contribution in [3.05, 3.63) is 10.4 Å². The highest BCUT2D eigenvalue weighted by Gasteiger charge is 1.90. The SMILES string of the molecule is [N-]=[N+]=NCCOCCOCCOCCC=O. The number of azide groups is 1. The minimum Gasteiger partial charge on any atom is -0.379 e. The van der Waals surface area contributed by atoms with Gasteiger partial charge in [-0.1, -0.05) is 5.11 Å². The van der Waals surface area contributed by atoms with Gasteiger partial charge in [0.15, 0.2) is 0 Å². The molecule has 0 N–H and O–H groups in total. The van der Waals surface area contributed by atoms with Gasteiger partial charge in [0.2, 0.25) is 0 Å². The van der Waals surface area contributed by atoms with Crippen molar-refractivity contribution >= 4 is 6.29 Å². The maximum absolute atomic E-state index is 9.93. The molecular formula is C9H17N3O4. The van der Waals surface area contributed by atoms with E-state index >= 15 is 0 Å². The van der Waals surface area contributed by atoms with Crippen molar-refractivity contribution in [3.8, 4) is 0 Å². The van der Waals surface area contributed by atoms with Crippen LogP contribution < -0.4 is 0 Å². The molecule has 0 aromatic rings. The van der Waals surface area contributed by atoms with Crippen LogP contribution in [0.5, 0.6) is 0 Å². The van der Waals surface area contributed by atoms with Gasteiger partial charge in [-0.05, 0) is 5.53 Å². The van der Waals surface area contributed by atoms with Crippen molar-refractivity contribution in [2.45, 2.75) is 6.42 Å². The lowest BCUT2D eigenvalue weighted by Crippen LogP contribution is -2.10. The Morgan fingerprint density at radius 1 is 1.00 bits per heavy atom. The number of hydrogen-bond donors (Lipinski definition) is 0. The zero-order chi connectivity index (χ0) is 11.9. The van der Waals surface area contributed by atoms with Gasteiger partial charge < -0.3 is 19.0 Å². The molecule has 0 atom stereocenters. The topological polar surface area (TPSA) is 93.5 Å². The molecule has 7 heteroatoms. The van der Waals surface area contributed by atoms with Crippen molar-refractivity contribution in [1.82, 2.24) is 0 Å². The Balaban J connectivity index is 2.93. The lowest BCUT2D eigenvalue weighted by molar-refractivity contribution is -0.108. The van der Waals surface area contributed by atoms with E-state index in [1.165, 1.54) is 0 Å². The molecule has 0 amide bonds. The summed E-state index contributed by atoms with van der Waals surface area (Å²) in [7, 11) is 0. The van der Waals surface area contributed by atoms with Crippen LogP contribution in [0.15, 0.2) is 5.11 Å². The van der Waals surface area contributed by atoms with Crippen molar-refractivity contribution in [2.24, 2.45) is 5.11 Å². The molecule has 0 heterocycles. The van der Waals surface area contributed by atoms with Crippen LogP contribution in [0.2, 0.25) is 0 Å². The van der Waals surface area contributed by atoms with E-state index in [4.69, 9.17) is 19.7 Å². The molecule has 92 valence electrons. The number of aldehydes is 1. The summed E-state index contributed by atoms with van der Waals surface area (Å²) >= 11 is 0. The van der Waals surface area contributed by atoms with Crippen molar-refractivity contribution in [3.63, 3.8) is 0 Å². The second-order valence-electron chi connectivity index (χ2n) is 2.75. The summed E-state index contributed by atoms with van der Waals surface area (Å²) in [5, 5.41) is 3.31. The quantitative estimate of drug-likeness (QED) is 0.164. The lowest BCUT2D eigenvalue weighted by atomic mass is 10.5. The maximum atomic E-state index is 9.93. The molecule has 0 radical (unpaired) electrons. The van der Waals surface area contributed by atoms with Gasteiger partial charge in [0, 0.05) is 17.9 Å². The summed E-state index contributed by atoms with van der Waals surface area (Å²) in [6, 6.07) is 0. The summed E-state index contributed by atoms with van der Waals surface area (Å²) in [5.41, 5.74) is 7.97. The van der Waals surface area contributed by atoms with Gasteiger partial charge in [0.05, 0.1) is 39.6 Å². The molecule has 0 unspecified atom stereocenters. The Kier molecular flexibility index (Phi) is 12.9. The minimum atomic E-state index is 0.339. The molecule has 0 aliphatic heterocycles. The van der Waals surface area contributed by atoms with Gasteiger partial charge in [0.1, 0.15) is 6.29 Å². The number of hydrogen-bond acceptors (Lipinski definition) is 5. The van der Waals surface area contributed by atoms with E-state index in [-0.39, 0.29) is 0 Å². The van der Waals surface area contributed by atoms with Crippen molar-refractivity contribution in [2.75, 3.05) is 46.2 Å². The Hall–Kier alpha value is -1.14. The molecule has 0 rings (SSSR count). The summed E-state index contributed by atoms with van der Waals surface area (Å²) in [4.78, 5) is 12.5. The number of ether oxygens (including phenoxy) is 3. The maximum Gasteiger partial charge on any atom is 0.122 e. The van der Waals surface area contributed by atoms with Gasteiger partial charge >= 0.3 is 0 Å². The fraction of sp³-hybridized carbons (Fsp3) is 0.889. The third-order valence-electron chi connectivity index (χ3n) is 1.52. The first-order valence-corrected chi connectivity index (χ1v) is 5.09. The van der Waals surface area contributed by atoms with Gasteiger partial charge in [-0.15, -0.1) is 0 Å². The molecule has 7 nitrogen and oxygen atoms in total. The molecule has 16 heavy (non-hydrogen) atoms. The Bertz CT molecular complexity index is 207. The minimum absolute atomic E-state index is 0.339. The van der Waals surface area contributed by atoms with E-state index < -0.39 is 0 Å². The van der Waals surface area contributed by atoms with Gasteiger partial charge in [-0.25, -0.2) is 0 Å². The predicted octanol–water partition coefficient (Wildman–Crippen LogP) is 0.935. The standard InChI is InChI=1S/C9H17N3O4/c10-12-11-2-5-15-7-9-16-8-6-14-4-1-3-13/h3H,1-2,4-9H2. The average Bonchev–Trinajstić information content (AvgIpc) is 2.31. The zero-order valence-electron chi connectivity index (χ0n) is 9.21. The van der Waals surface area contributed by atoms with E-state index in [9.17, 15) is 4.79 Å². The highest BCUT2D eigenvalue weighted by atomic mass is 16.5. The van der Waals surface area contributed by atoms with Gasteiger partial charge in [-0.2, -0.15) is 0 Å². The Morgan fingerprint density at radius 3 is 2.12 bits per heavy atom. The first-order valence-electron chi connectivity index (χ1n) is 5.09. The molecule has 0 aromatic carbocycles. The van der Waals surface area contributed by atoms with Crippen LogP contribution in [0.25, 0.3) is 10.4 Å². The molecule has 0 aromatic heterocycles. The normalized spacial score (nSPS) is 9.75. The van der Waals surface area contributed by atoms with Gasteiger partial charge in [-0.3, -0.25) is 0 Å². The van der Waals surface area contributed by atoms with Crippen LogP contribution in [0.1, 0.15) is 6.42 Å². The van der Waals surface area contributed by atoms with Crippen LogP contribution in [0.4, 0.5) is 0 Å². The largest absolute Gasteiger partial charge is 0.379 e. The molecule has 0 saturated carbocycles. The van der Waals surface area contributed by atoms with E-state index in [2.05, 4.69) is 10.0 Å². The third kappa shape index (κ3) is 12.9. The summed E-state index contributed by atoms with van der Waals surface area (Å²) in [5.74, 6) is 0. The molecule has 0 spiro atoms. The lowest BCUT2D eigenvalue weighted by Gasteiger charge is -2.05. The average molecular weight is 231 g/mol. The molecule has 0 saturated heterocycles. The molecule has 0 aliphatic carbocycles. The highest BCUT2D eigenvalue weighted by molar-refractivity contribution is 5.49. The smallest absolute Gasteiger partial charge is 0.122 e. The van der Waals surface area contributed by atoms with Crippen LogP contribution in [-0.2, 0) is 19.0 Å². The highest BCUT2D eigenvalue weighted by Crippen LogP contribution is 1.83. The molecule has 0 fully saturated rings. The fourth-order valence-electron chi connectivity index (χ4n) is 0.823. The fourth-order valence-corrected chi connectivity index (χ4v) is 0.823. The summed E-state index contributed by atoms with van der Waals surface area (Å²) in [6.07, 6.45) is 1.24. The summed E-state index contributed by atoms with van der Waals surface area (Å²) < 4.78 is 15.4. The van der Waals surface area contributed by atoms with Crippen molar-refractivity contribution < 1.29 is 19.0 Å². The Morgan fingerprint density at radius 2 is 1.56 bits per heavy atom. The molecule has 0 bridgehead atoms.